The molecule has 0 saturated heterocycles. The summed E-state index contributed by atoms with van der Waals surface area (Å²) in [6.45, 7) is 19.5. The molecule has 0 saturated carbocycles. The molecule has 0 unspecified atom stereocenters. The molecule has 3 heterocycles. The SMILES string of the molecule is CC(C)(C)N1CC=CC1.CC(C)c1ccc(Oc2ccccc2)nc1.CC(C)c1ccc2c(c1)OCCN2C. The quantitative estimate of drug-likeness (QED) is 0.318. The maximum atomic E-state index is 5.64. The highest BCUT2D eigenvalue weighted by molar-refractivity contribution is 5.60. The maximum absolute atomic E-state index is 5.64. The first-order chi connectivity index (χ1) is 18.5. The van der Waals surface area contributed by atoms with Crippen LogP contribution in [0.3, 0.4) is 0 Å². The van der Waals surface area contributed by atoms with E-state index in [2.05, 4.69) is 107 Å². The Morgan fingerprint density at radius 2 is 1.49 bits per heavy atom. The van der Waals surface area contributed by atoms with Crippen LogP contribution in [-0.4, -0.2) is 48.7 Å². The molecule has 2 aliphatic rings. The number of hydrogen-bond donors (Lipinski definition) is 0. The van der Waals surface area contributed by atoms with E-state index in [0.29, 0.717) is 23.3 Å². The lowest BCUT2D eigenvalue weighted by atomic mass is 10.0. The van der Waals surface area contributed by atoms with Crippen molar-refractivity contribution in [2.24, 2.45) is 0 Å². The normalized spacial score (nSPS) is 14.7. The van der Waals surface area contributed by atoms with Crippen LogP contribution < -0.4 is 14.4 Å². The number of fused-ring (bicyclic) bond motifs is 1. The second-order valence-corrected chi connectivity index (χ2v) is 11.7. The van der Waals surface area contributed by atoms with E-state index in [1.807, 2.05) is 42.6 Å². The van der Waals surface area contributed by atoms with Gasteiger partial charge >= 0.3 is 0 Å². The van der Waals surface area contributed by atoms with Crippen LogP contribution in [0.15, 0.2) is 79.0 Å². The fourth-order valence-corrected chi connectivity index (χ4v) is 4.16. The molecule has 3 aromatic rings. The average Bonchev–Trinajstić information content (AvgIpc) is 3.47. The van der Waals surface area contributed by atoms with E-state index in [1.54, 1.807) is 0 Å². The van der Waals surface area contributed by atoms with Gasteiger partial charge in [0.1, 0.15) is 18.1 Å². The summed E-state index contributed by atoms with van der Waals surface area (Å²) < 4.78 is 11.2. The van der Waals surface area contributed by atoms with Crippen LogP contribution in [0, 0.1) is 0 Å². The summed E-state index contributed by atoms with van der Waals surface area (Å²) in [6, 6.07) is 20.1. The number of rotatable bonds is 4. The van der Waals surface area contributed by atoms with E-state index in [9.17, 15) is 0 Å². The van der Waals surface area contributed by atoms with Crippen molar-refractivity contribution in [1.29, 1.82) is 0 Å². The zero-order chi connectivity index (χ0) is 28.4. The highest BCUT2D eigenvalue weighted by Gasteiger charge is 2.20. The number of pyridine rings is 1. The molecule has 0 spiro atoms. The van der Waals surface area contributed by atoms with Gasteiger partial charge in [0.05, 0.1) is 12.2 Å². The molecule has 0 atom stereocenters. The molecule has 1 aromatic heterocycles. The maximum Gasteiger partial charge on any atom is 0.219 e. The van der Waals surface area contributed by atoms with Crippen molar-refractivity contribution in [2.75, 3.05) is 38.2 Å². The van der Waals surface area contributed by atoms with Gasteiger partial charge in [0, 0.05) is 37.9 Å². The smallest absolute Gasteiger partial charge is 0.219 e. The van der Waals surface area contributed by atoms with Gasteiger partial charge in [-0.3, -0.25) is 4.90 Å². The monoisotopic (exact) mass is 529 g/mol. The summed E-state index contributed by atoms with van der Waals surface area (Å²) >= 11 is 0. The van der Waals surface area contributed by atoms with Crippen molar-refractivity contribution < 1.29 is 9.47 Å². The van der Waals surface area contributed by atoms with Crippen molar-refractivity contribution in [1.82, 2.24) is 9.88 Å². The van der Waals surface area contributed by atoms with Gasteiger partial charge in [-0.2, -0.15) is 0 Å². The van der Waals surface area contributed by atoms with Crippen LogP contribution in [0.1, 0.15) is 71.4 Å². The van der Waals surface area contributed by atoms with E-state index in [-0.39, 0.29) is 0 Å². The van der Waals surface area contributed by atoms with Gasteiger partial charge in [0.15, 0.2) is 0 Å². The van der Waals surface area contributed by atoms with Crippen LogP contribution in [0.5, 0.6) is 17.4 Å². The summed E-state index contributed by atoms with van der Waals surface area (Å²) in [7, 11) is 2.11. The Balaban J connectivity index is 0.000000168. The summed E-state index contributed by atoms with van der Waals surface area (Å²) in [5.41, 5.74) is 4.13. The molecule has 0 amide bonds. The van der Waals surface area contributed by atoms with Crippen molar-refractivity contribution in [3.8, 4) is 17.4 Å². The molecule has 210 valence electrons. The zero-order valence-corrected chi connectivity index (χ0v) is 25.1. The molecule has 2 aliphatic heterocycles. The van der Waals surface area contributed by atoms with E-state index in [1.165, 1.54) is 16.8 Å². The van der Waals surface area contributed by atoms with Crippen molar-refractivity contribution in [2.45, 2.75) is 65.8 Å². The first-order valence-electron chi connectivity index (χ1n) is 14.1. The minimum absolute atomic E-state index is 0.351. The highest BCUT2D eigenvalue weighted by Crippen LogP contribution is 2.33. The topological polar surface area (TPSA) is 37.8 Å². The predicted molar refractivity (Wildman–Crippen MR) is 165 cm³/mol. The minimum atomic E-state index is 0.351. The van der Waals surface area contributed by atoms with Gasteiger partial charge < -0.3 is 14.4 Å². The average molecular weight is 530 g/mol. The van der Waals surface area contributed by atoms with Crippen LogP contribution in [-0.2, 0) is 0 Å². The van der Waals surface area contributed by atoms with E-state index < -0.39 is 0 Å². The Morgan fingerprint density at radius 1 is 0.846 bits per heavy atom. The zero-order valence-electron chi connectivity index (χ0n) is 25.1. The Morgan fingerprint density at radius 3 is 2.03 bits per heavy atom. The third kappa shape index (κ3) is 9.43. The van der Waals surface area contributed by atoms with Crippen LogP contribution in [0.25, 0.3) is 0 Å². The molecule has 5 heteroatoms. The summed E-state index contributed by atoms with van der Waals surface area (Å²) in [5.74, 6) is 3.54. The third-order valence-electron chi connectivity index (χ3n) is 6.90. The Bertz CT molecular complexity index is 1160. The molecule has 5 rings (SSSR count). The van der Waals surface area contributed by atoms with Gasteiger partial charge in [0.2, 0.25) is 5.88 Å². The number of nitrogens with zero attached hydrogens (tertiary/aromatic N) is 3. The second kappa shape index (κ2) is 14.2. The van der Waals surface area contributed by atoms with Crippen molar-refractivity contribution in [3.63, 3.8) is 0 Å². The second-order valence-electron chi connectivity index (χ2n) is 11.7. The first kappa shape index (κ1) is 30.2. The van der Waals surface area contributed by atoms with Crippen LogP contribution in [0.2, 0.25) is 0 Å². The van der Waals surface area contributed by atoms with Crippen LogP contribution >= 0.6 is 0 Å². The number of likely N-dealkylation sites (N-methyl/N-ethyl adjacent to an activating group) is 1. The predicted octanol–water partition coefficient (Wildman–Crippen LogP) is 8.29. The Hall–Kier alpha value is -3.31. The molecular weight excluding hydrogens is 482 g/mol. The van der Waals surface area contributed by atoms with E-state index in [0.717, 1.165) is 37.7 Å². The summed E-state index contributed by atoms with van der Waals surface area (Å²) in [4.78, 5) is 8.95. The van der Waals surface area contributed by atoms with Gasteiger partial charge in [-0.15, -0.1) is 0 Å². The molecule has 2 aromatic carbocycles. The molecule has 0 radical (unpaired) electrons. The van der Waals surface area contributed by atoms with E-state index >= 15 is 0 Å². The standard InChI is InChI=1S/C14H15NO.C12H17NO.C8H15N/c1-11(2)12-8-9-14(15-10-12)16-13-6-4-3-5-7-13;1-9(2)10-4-5-11-12(8-10)14-7-6-13(11)3;1-8(2,3)9-6-4-5-7-9/h3-11H,1-2H3;4-5,8-9H,6-7H2,1-3H3;4-5H,6-7H2,1-3H3. The Kier molecular flexibility index (Phi) is 11.0. The number of ether oxygens (including phenoxy) is 2. The minimum Gasteiger partial charge on any atom is -0.490 e. The number of benzene rings is 2. The van der Waals surface area contributed by atoms with Crippen molar-refractivity contribution in [3.05, 3.63) is 90.1 Å². The number of para-hydroxylation sites is 1. The molecule has 0 bridgehead atoms. The molecular formula is C34H47N3O2. The summed E-state index contributed by atoms with van der Waals surface area (Å²) in [5, 5.41) is 0. The summed E-state index contributed by atoms with van der Waals surface area (Å²) in [6.07, 6.45) is 6.32. The third-order valence-corrected chi connectivity index (χ3v) is 6.90. The fraction of sp³-hybridized carbons (Fsp3) is 0.441. The van der Waals surface area contributed by atoms with Gasteiger partial charge in [-0.05, 0) is 68.0 Å². The largest absolute Gasteiger partial charge is 0.490 e. The number of anilines is 1. The van der Waals surface area contributed by atoms with E-state index in [4.69, 9.17) is 9.47 Å². The van der Waals surface area contributed by atoms with Gasteiger partial charge in [0.25, 0.3) is 0 Å². The van der Waals surface area contributed by atoms with Crippen molar-refractivity contribution >= 4 is 5.69 Å². The number of aromatic nitrogens is 1. The first-order valence-corrected chi connectivity index (χ1v) is 14.1. The number of hydrogen-bond acceptors (Lipinski definition) is 5. The van der Waals surface area contributed by atoms with Crippen LogP contribution in [0.4, 0.5) is 5.69 Å². The molecule has 5 nitrogen and oxygen atoms in total. The molecule has 0 aliphatic carbocycles. The van der Waals surface area contributed by atoms with Gasteiger partial charge in [-0.25, -0.2) is 4.98 Å². The lowest BCUT2D eigenvalue weighted by Gasteiger charge is -2.31. The highest BCUT2D eigenvalue weighted by atomic mass is 16.5. The fourth-order valence-electron chi connectivity index (χ4n) is 4.16. The lowest BCUT2D eigenvalue weighted by Crippen LogP contribution is -2.39. The Labute approximate surface area is 236 Å². The molecule has 0 N–H and O–H groups in total. The van der Waals surface area contributed by atoms with Gasteiger partial charge in [-0.1, -0.05) is 70.2 Å². The lowest BCUT2D eigenvalue weighted by molar-refractivity contribution is 0.183. The molecule has 0 fully saturated rings. The molecule has 39 heavy (non-hydrogen) atoms.